The van der Waals surface area contributed by atoms with E-state index in [0.717, 1.165) is 24.6 Å². The van der Waals surface area contributed by atoms with Crippen LogP contribution in [-0.4, -0.2) is 35.9 Å². The Bertz CT molecular complexity index is 224. The highest BCUT2D eigenvalue weighted by atomic mass is 32.2. The van der Waals surface area contributed by atoms with Crippen LogP contribution in [-0.2, 0) is 13.3 Å². The minimum absolute atomic E-state index is 0.890. The minimum Gasteiger partial charge on any atom is -0.377 e. The fourth-order valence-electron chi connectivity index (χ4n) is 1.82. The Labute approximate surface area is 116 Å². The molecule has 0 aromatic carbocycles. The van der Waals surface area contributed by atoms with Crippen LogP contribution in [0, 0.1) is 10.7 Å². The first-order valence-corrected chi connectivity index (χ1v) is 9.32. The normalized spacial score (nSPS) is 11.4. The van der Waals surface area contributed by atoms with Gasteiger partial charge in [0.1, 0.15) is 5.40 Å². The summed E-state index contributed by atoms with van der Waals surface area (Å²) in [4.78, 5) is 0. The maximum Gasteiger partial charge on any atom is 0.500 e. The number of hydrogen-bond acceptors (Lipinski definition) is 5. The summed E-state index contributed by atoms with van der Waals surface area (Å²) >= 11 is 1.35. The van der Waals surface area contributed by atoms with Gasteiger partial charge >= 0.3 is 8.80 Å². The van der Waals surface area contributed by atoms with Crippen molar-refractivity contribution in [2.75, 3.05) is 27.1 Å². The quantitative estimate of drug-likeness (QED) is 0.313. The minimum atomic E-state index is -2.34. The predicted octanol–water partition coefficient (Wildman–Crippen LogP) is 3.42. The second-order valence-electron chi connectivity index (χ2n) is 4.11. The highest BCUT2D eigenvalue weighted by Crippen LogP contribution is 2.18. The first-order chi connectivity index (χ1) is 8.74. The van der Waals surface area contributed by atoms with Gasteiger partial charge in [-0.1, -0.05) is 25.7 Å². The molecule has 0 aliphatic rings. The summed E-state index contributed by atoms with van der Waals surface area (Å²) in [5, 5.41) is 10.5. The van der Waals surface area contributed by atoms with Gasteiger partial charge in [0.05, 0.1) is 0 Å². The van der Waals surface area contributed by atoms with Crippen molar-refractivity contribution < 1.29 is 13.3 Å². The van der Waals surface area contributed by atoms with Crippen molar-refractivity contribution in [1.29, 1.82) is 5.26 Å². The van der Waals surface area contributed by atoms with E-state index in [1.165, 1.54) is 37.4 Å². The zero-order chi connectivity index (χ0) is 13.7. The number of rotatable bonds is 12. The fourth-order valence-corrected chi connectivity index (χ4v) is 4.06. The molecule has 0 saturated heterocycles. The summed E-state index contributed by atoms with van der Waals surface area (Å²) in [7, 11) is 2.63. The lowest BCUT2D eigenvalue weighted by Crippen LogP contribution is -2.42. The van der Waals surface area contributed by atoms with Crippen molar-refractivity contribution >= 4 is 20.6 Å². The number of hydrogen-bond donors (Lipinski definition) is 0. The van der Waals surface area contributed by atoms with E-state index >= 15 is 0 Å². The molecule has 0 bridgehead atoms. The Hall–Kier alpha value is -0.0631. The van der Waals surface area contributed by atoms with E-state index in [0.29, 0.717) is 0 Å². The van der Waals surface area contributed by atoms with Gasteiger partial charge in [0, 0.05) is 33.1 Å². The van der Waals surface area contributed by atoms with Gasteiger partial charge in [-0.25, -0.2) is 0 Å². The van der Waals surface area contributed by atoms with Gasteiger partial charge in [0.15, 0.2) is 0 Å². The molecule has 0 N–H and O–H groups in total. The predicted molar refractivity (Wildman–Crippen MR) is 77.4 cm³/mol. The molecule has 0 heterocycles. The molecule has 4 nitrogen and oxygen atoms in total. The molecule has 0 saturated carbocycles. The van der Waals surface area contributed by atoms with E-state index < -0.39 is 8.80 Å². The van der Waals surface area contributed by atoms with Gasteiger partial charge in [-0.15, -0.1) is 0 Å². The van der Waals surface area contributed by atoms with Crippen LogP contribution in [0.5, 0.6) is 0 Å². The van der Waals surface area contributed by atoms with Gasteiger partial charge < -0.3 is 13.3 Å². The van der Waals surface area contributed by atoms with Crippen molar-refractivity contribution in [3.8, 4) is 5.40 Å². The zero-order valence-corrected chi connectivity index (χ0v) is 13.6. The molecule has 0 rings (SSSR count). The van der Waals surface area contributed by atoms with Crippen LogP contribution in [0.3, 0.4) is 0 Å². The average Bonchev–Trinajstić information content (AvgIpc) is 2.42. The number of thioether (sulfide) groups is 1. The van der Waals surface area contributed by atoms with E-state index in [1.807, 2.05) is 0 Å². The van der Waals surface area contributed by atoms with E-state index in [2.05, 4.69) is 5.40 Å². The molecule has 18 heavy (non-hydrogen) atoms. The van der Waals surface area contributed by atoms with Crippen LogP contribution in [0.4, 0.5) is 0 Å². The molecule has 0 amide bonds. The van der Waals surface area contributed by atoms with E-state index in [1.54, 1.807) is 21.3 Å². The van der Waals surface area contributed by atoms with Crippen molar-refractivity contribution in [3.05, 3.63) is 0 Å². The van der Waals surface area contributed by atoms with Crippen LogP contribution in [0.1, 0.15) is 38.5 Å². The molecular formula is C12H25NO3SSi. The van der Waals surface area contributed by atoms with E-state index in [9.17, 15) is 0 Å². The fraction of sp³-hybridized carbons (Fsp3) is 0.917. The summed E-state index contributed by atoms with van der Waals surface area (Å²) < 4.78 is 16.1. The van der Waals surface area contributed by atoms with Crippen molar-refractivity contribution in [3.63, 3.8) is 0 Å². The third-order valence-corrected chi connectivity index (χ3v) is 6.43. The lowest BCUT2D eigenvalue weighted by atomic mass is 10.1. The van der Waals surface area contributed by atoms with Crippen molar-refractivity contribution in [1.82, 2.24) is 0 Å². The molecule has 0 aliphatic heterocycles. The average molecular weight is 291 g/mol. The first-order valence-electron chi connectivity index (χ1n) is 6.41. The first kappa shape index (κ1) is 17.9. The van der Waals surface area contributed by atoms with Gasteiger partial charge in [0.25, 0.3) is 0 Å². The maximum absolute atomic E-state index is 8.37. The Kier molecular flexibility index (Phi) is 12.0. The van der Waals surface area contributed by atoms with Crippen LogP contribution >= 0.6 is 11.8 Å². The third kappa shape index (κ3) is 8.11. The molecule has 0 aliphatic carbocycles. The number of nitriles is 1. The molecule has 0 unspecified atom stereocenters. The second-order valence-corrected chi connectivity index (χ2v) is 8.08. The Morgan fingerprint density at radius 3 is 1.89 bits per heavy atom. The van der Waals surface area contributed by atoms with Gasteiger partial charge in [-0.2, -0.15) is 5.26 Å². The summed E-state index contributed by atoms with van der Waals surface area (Å²) in [5.74, 6) is 0.962. The highest BCUT2D eigenvalue weighted by molar-refractivity contribution is 8.03. The van der Waals surface area contributed by atoms with Crippen molar-refractivity contribution in [2.24, 2.45) is 0 Å². The number of unbranched alkanes of at least 4 members (excludes halogenated alkanes) is 5. The van der Waals surface area contributed by atoms with Crippen molar-refractivity contribution in [2.45, 2.75) is 44.6 Å². The van der Waals surface area contributed by atoms with Crippen LogP contribution < -0.4 is 0 Å². The summed E-state index contributed by atoms with van der Waals surface area (Å²) in [6.07, 6.45) is 7.12. The summed E-state index contributed by atoms with van der Waals surface area (Å²) in [6.45, 7) is 0. The summed E-state index contributed by atoms with van der Waals surface area (Å²) in [6, 6.07) is 0.890. The SMILES string of the molecule is CO[Si](CCCCCCCCSC#N)(OC)OC. The Balaban J connectivity index is 3.42. The monoisotopic (exact) mass is 291 g/mol. The van der Waals surface area contributed by atoms with Crippen LogP contribution in [0.15, 0.2) is 0 Å². The molecule has 0 radical (unpaired) electrons. The highest BCUT2D eigenvalue weighted by Gasteiger charge is 2.36. The molecule has 106 valence electrons. The van der Waals surface area contributed by atoms with Crippen LogP contribution in [0.25, 0.3) is 0 Å². The van der Waals surface area contributed by atoms with Gasteiger partial charge in [-0.05, 0) is 24.6 Å². The molecule has 0 aromatic rings. The zero-order valence-electron chi connectivity index (χ0n) is 11.7. The number of nitrogens with zero attached hydrogens (tertiary/aromatic N) is 1. The van der Waals surface area contributed by atoms with Gasteiger partial charge in [0.2, 0.25) is 0 Å². The lowest BCUT2D eigenvalue weighted by molar-refractivity contribution is 0.122. The second kappa shape index (κ2) is 12.0. The third-order valence-electron chi connectivity index (χ3n) is 2.98. The Morgan fingerprint density at radius 2 is 1.39 bits per heavy atom. The van der Waals surface area contributed by atoms with E-state index in [4.69, 9.17) is 18.5 Å². The molecule has 0 fully saturated rings. The maximum atomic E-state index is 8.37. The van der Waals surface area contributed by atoms with Gasteiger partial charge in [-0.3, -0.25) is 0 Å². The van der Waals surface area contributed by atoms with Crippen LogP contribution in [0.2, 0.25) is 6.04 Å². The molecule has 6 heteroatoms. The standard InChI is InChI=1S/C12H25NO3SSi/c1-14-18(15-2,16-3)11-9-7-5-4-6-8-10-17-12-13/h4-11H2,1-3H3. The smallest absolute Gasteiger partial charge is 0.377 e. The van der Waals surface area contributed by atoms with E-state index in [-0.39, 0.29) is 0 Å². The Morgan fingerprint density at radius 1 is 0.889 bits per heavy atom. The topological polar surface area (TPSA) is 51.5 Å². The molecule has 0 atom stereocenters. The molecular weight excluding hydrogens is 266 g/mol. The lowest BCUT2D eigenvalue weighted by Gasteiger charge is -2.24. The number of thiocyanates is 1. The molecule has 0 aromatic heterocycles. The largest absolute Gasteiger partial charge is 0.500 e. The molecule has 0 spiro atoms. The summed E-state index contributed by atoms with van der Waals surface area (Å²) in [5.41, 5.74) is 0.